The van der Waals surface area contributed by atoms with Crippen LogP contribution >= 0.6 is 12.6 Å². The van der Waals surface area contributed by atoms with Crippen molar-refractivity contribution in [3.05, 3.63) is 0 Å². The molecule has 7 fully saturated rings. The average Bonchev–Trinajstić information content (AvgIpc) is 2.77. The van der Waals surface area contributed by atoms with Gasteiger partial charge in [-0.1, -0.05) is 0 Å². The maximum Gasteiger partial charge on any atom is 0.187 e. The number of ether oxygens (including phenoxy) is 14. The zero-order valence-corrected chi connectivity index (χ0v) is 44.2. The van der Waals surface area contributed by atoms with E-state index in [9.17, 15) is 112 Å². The second kappa shape index (κ2) is 30.4. The molecule has 7 heterocycles. The van der Waals surface area contributed by atoms with Gasteiger partial charge in [0.2, 0.25) is 0 Å². The van der Waals surface area contributed by atoms with Crippen LogP contribution in [0.3, 0.4) is 0 Å². The Morgan fingerprint density at radius 3 is 0.927 bits per heavy atom. The lowest BCUT2D eigenvalue weighted by atomic mass is 9.95. The Labute approximate surface area is 470 Å². The molecule has 7 aliphatic heterocycles. The minimum atomic E-state index is -2.29. The topological polar surface area (TPSA) is 574 Å². The lowest BCUT2D eigenvalue weighted by Gasteiger charge is -2.50. The van der Waals surface area contributed by atoms with Crippen LogP contribution in [0, 0.1) is 0 Å². The molecule has 37 heteroatoms. The molecule has 7 aliphatic rings. The van der Waals surface area contributed by atoms with E-state index in [1.54, 1.807) is 0 Å². The number of rotatable bonds is 23. The Morgan fingerprint density at radius 2 is 0.549 bits per heavy atom. The standard InChI is InChI=1S/C45H78O36S/c46-4-11-18(52)22(56)28(62)40(70-11)77-34-15(8-50)74-43(31(65)26(34)60)78-35-16(9-51)75-44(32(66)27(35)61)81-38-25(59)21(55)14(7-49)73-45(38)69-10-17-36(79-41-29(63)23(57)19(53)12(5-47)71-41)37(33(67)39(76-17)68-2-1-3-82)80-42-30(64)24(58)20(54)13(6-48)72-42/h11-67,82H,1-10H2. The van der Waals surface area contributed by atoms with E-state index < -0.39 is 261 Å². The number of hydrogen-bond donors (Lipinski definition) is 23. The van der Waals surface area contributed by atoms with Gasteiger partial charge in [-0.05, 0) is 12.2 Å². The number of aliphatic hydroxyl groups excluding tert-OH is 22. The lowest BCUT2D eigenvalue weighted by Crippen LogP contribution is -2.68. The van der Waals surface area contributed by atoms with Crippen LogP contribution in [0.1, 0.15) is 6.42 Å². The minimum absolute atomic E-state index is 0.159. The molecule has 0 aromatic heterocycles. The fraction of sp³-hybridized carbons (Fsp3) is 1.00. The van der Waals surface area contributed by atoms with Gasteiger partial charge in [-0.3, -0.25) is 0 Å². The van der Waals surface area contributed by atoms with Crippen LogP contribution in [-0.4, -0.2) is 386 Å². The number of hydrogen-bond acceptors (Lipinski definition) is 37. The van der Waals surface area contributed by atoms with Crippen LogP contribution in [-0.2, 0) is 66.3 Å². The summed E-state index contributed by atoms with van der Waals surface area (Å²) in [6, 6.07) is 0. The molecule has 35 unspecified atom stereocenters. The average molecular weight is 1230 g/mol. The summed E-state index contributed by atoms with van der Waals surface area (Å²) in [5.41, 5.74) is 0. The van der Waals surface area contributed by atoms with Crippen molar-refractivity contribution < 1.29 is 179 Å². The molecule has 82 heavy (non-hydrogen) atoms. The fourth-order valence-corrected chi connectivity index (χ4v) is 10.4. The molecule has 0 aromatic carbocycles. The Kier molecular flexibility index (Phi) is 25.4. The number of thiol groups is 1. The van der Waals surface area contributed by atoms with Crippen LogP contribution in [0.2, 0.25) is 0 Å². The van der Waals surface area contributed by atoms with E-state index in [4.69, 9.17) is 66.3 Å². The van der Waals surface area contributed by atoms with Crippen molar-refractivity contribution in [2.24, 2.45) is 0 Å². The van der Waals surface area contributed by atoms with E-state index in [0.717, 1.165) is 0 Å². The predicted octanol–water partition coefficient (Wildman–Crippen LogP) is -14.9. The minimum Gasteiger partial charge on any atom is -0.394 e. The smallest absolute Gasteiger partial charge is 0.187 e. The summed E-state index contributed by atoms with van der Waals surface area (Å²) in [6.07, 6.45) is -67.7. The molecule has 0 radical (unpaired) electrons. The Hall–Kier alpha value is -1.09. The normalized spacial score (nSPS) is 51.5. The highest BCUT2D eigenvalue weighted by Gasteiger charge is 2.58. The van der Waals surface area contributed by atoms with Gasteiger partial charge in [0, 0.05) is 0 Å². The van der Waals surface area contributed by atoms with E-state index >= 15 is 0 Å². The highest BCUT2D eigenvalue weighted by Crippen LogP contribution is 2.38. The molecule has 7 saturated heterocycles. The van der Waals surface area contributed by atoms with Gasteiger partial charge in [0.25, 0.3) is 0 Å². The van der Waals surface area contributed by atoms with E-state index in [0.29, 0.717) is 0 Å². The van der Waals surface area contributed by atoms with Crippen molar-refractivity contribution >= 4 is 12.6 Å². The Morgan fingerprint density at radius 1 is 0.256 bits per heavy atom. The summed E-state index contributed by atoms with van der Waals surface area (Å²) in [6.45, 7) is -6.91. The molecular weight excluding hydrogens is 1150 g/mol. The zero-order valence-electron chi connectivity index (χ0n) is 43.3. The summed E-state index contributed by atoms with van der Waals surface area (Å²) >= 11 is 4.16. The summed E-state index contributed by atoms with van der Waals surface area (Å²) in [5, 5.41) is 235. The first-order valence-electron chi connectivity index (χ1n) is 26.2. The summed E-state index contributed by atoms with van der Waals surface area (Å²) in [5.74, 6) is 0.260. The molecule has 7 rings (SSSR count). The van der Waals surface area contributed by atoms with Crippen molar-refractivity contribution in [1.29, 1.82) is 0 Å². The van der Waals surface area contributed by atoms with Crippen LogP contribution in [0.5, 0.6) is 0 Å². The summed E-state index contributed by atoms with van der Waals surface area (Å²) < 4.78 is 80.8. The second-order valence-electron chi connectivity index (χ2n) is 20.5. The lowest BCUT2D eigenvalue weighted by molar-refractivity contribution is -0.399. The molecule has 0 spiro atoms. The van der Waals surface area contributed by atoms with Crippen LogP contribution < -0.4 is 0 Å². The van der Waals surface area contributed by atoms with Gasteiger partial charge in [-0.2, -0.15) is 12.6 Å². The molecule has 0 aliphatic carbocycles. The van der Waals surface area contributed by atoms with Crippen LogP contribution in [0.25, 0.3) is 0 Å². The molecule has 0 aromatic rings. The van der Waals surface area contributed by atoms with Crippen molar-refractivity contribution in [1.82, 2.24) is 0 Å². The number of aliphatic hydroxyl groups is 22. The van der Waals surface area contributed by atoms with Gasteiger partial charge in [-0.25, -0.2) is 0 Å². The van der Waals surface area contributed by atoms with Crippen LogP contribution in [0.15, 0.2) is 0 Å². The molecule has 35 atom stereocenters. The van der Waals surface area contributed by atoms with E-state index in [1.807, 2.05) is 0 Å². The highest BCUT2D eigenvalue weighted by molar-refractivity contribution is 7.80. The first-order chi connectivity index (χ1) is 39.0. The summed E-state index contributed by atoms with van der Waals surface area (Å²) in [7, 11) is 0. The quantitative estimate of drug-likeness (QED) is 0.0334. The van der Waals surface area contributed by atoms with E-state index in [2.05, 4.69) is 12.6 Å². The zero-order chi connectivity index (χ0) is 60.2. The monoisotopic (exact) mass is 1230 g/mol. The first kappa shape index (κ1) is 68.4. The van der Waals surface area contributed by atoms with Gasteiger partial charge in [0.15, 0.2) is 44.0 Å². The molecule has 36 nitrogen and oxygen atoms in total. The third kappa shape index (κ3) is 14.6. The van der Waals surface area contributed by atoms with Gasteiger partial charge in [-0.15, -0.1) is 0 Å². The second-order valence-corrected chi connectivity index (χ2v) is 21.0. The van der Waals surface area contributed by atoms with Gasteiger partial charge < -0.3 is 179 Å². The van der Waals surface area contributed by atoms with Crippen molar-refractivity contribution in [2.75, 3.05) is 58.6 Å². The van der Waals surface area contributed by atoms with Crippen LogP contribution in [0.4, 0.5) is 0 Å². The molecule has 0 bridgehead atoms. The fourth-order valence-electron chi connectivity index (χ4n) is 10.3. The predicted molar refractivity (Wildman–Crippen MR) is 254 cm³/mol. The van der Waals surface area contributed by atoms with Gasteiger partial charge in [0.05, 0.1) is 52.9 Å². The van der Waals surface area contributed by atoms with Crippen molar-refractivity contribution in [3.8, 4) is 0 Å². The molecule has 0 amide bonds. The Balaban J connectivity index is 1.11. The maximum absolute atomic E-state index is 11.8. The Bertz CT molecular complexity index is 1890. The summed E-state index contributed by atoms with van der Waals surface area (Å²) in [4.78, 5) is 0. The molecule has 0 saturated carbocycles. The largest absolute Gasteiger partial charge is 0.394 e. The van der Waals surface area contributed by atoms with Gasteiger partial charge in [0.1, 0.15) is 171 Å². The van der Waals surface area contributed by atoms with Gasteiger partial charge >= 0.3 is 0 Å². The van der Waals surface area contributed by atoms with E-state index in [-0.39, 0.29) is 18.8 Å². The van der Waals surface area contributed by atoms with Crippen molar-refractivity contribution in [2.45, 2.75) is 221 Å². The maximum atomic E-state index is 11.8. The van der Waals surface area contributed by atoms with E-state index in [1.165, 1.54) is 0 Å². The van der Waals surface area contributed by atoms with Crippen molar-refractivity contribution in [3.63, 3.8) is 0 Å². The molecular formula is C45H78O36S. The SMILES string of the molecule is OCC1OC(OC2C(CO)OC(OC3C(CO)OC(OC4C(OCC5OC(OCCCS)C(O)C(OC6OC(CO)C(O)C(O)C6O)C5OC5OC(CO)C(O)C(O)C5O)OC(CO)C(O)C4O)C(O)C3O)C(O)C2O)C(O)C(O)C1O. The molecule has 22 N–H and O–H groups in total. The highest BCUT2D eigenvalue weighted by atomic mass is 32.1. The first-order valence-corrected chi connectivity index (χ1v) is 26.9. The molecule has 480 valence electrons. The third-order valence-electron chi connectivity index (χ3n) is 15.1. The third-order valence-corrected chi connectivity index (χ3v) is 15.4.